The summed E-state index contributed by atoms with van der Waals surface area (Å²) in [6, 6.07) is 16.2. The summed E-state index contributed by atoms with van der Waals surface area (Å²) in [5, 5.41) is 3.03. The van der Waals surface area contributed by atoms with Gasteiger partial charge in [0, 0.05) is 17.3 Å². The molecule has 4 nitrogen and oxygen atoms in total. The Morgan fingerprint density at radius 1 is 1.10 bits per heavy atom. The molecule has 2 aromatic rings. The van der Waals surface area contributed by atoms with Gasteiger partial charge in [-0.05, 0) is 48.6 Å². The van der Waals surface area contributed by atoms with Crippen LogP contribution in [0.2, 0.25) is 0 Å². The predicted molar refractivity (Wildman–Crippen MR) is 131 cm³/mol. The van der Waals surface area contributed by atoms with Crippen LogP contribution in [0.15, 0.2) is 48.5 Å². The number of anilines is 2. The van der Waals surface area contributed by atoms with Gasteiger partial charge in [0.1, 0.15) is 5.37 Å². The molecule has 31 heavy (non-hydrogen) atoms. The minimum Gasteiger partial charge on any atom is -0.326 e. The van der Waals surface area contributed by atoms with Gasteiger partial charge in [0.15, 0.2) is 0 Å². The SMILES string of the molecule is CCCCC(CC)C(=O)Nc1ccc(C2SCC(=O)N2c2ccccc2CCC)cc1. The highest BCUT2D eigenvalue weighted by Gasteiger charge is 2.35. The topological polar surface area (TPSA) is 49.4 Å². The summed E-state index contributed by atoms with van der Waals surface area (Å²) in [5.41, 5.74) is 4.13. The van der Waals surface area contributed by atoms with Crippen molar-refractivity contribution in [3.63, 3.8) is 0 Å². The number of hydrogen-bond acceptors (Lipinski definition) is 3. The number of aryl methyl sites for hydroxylation is 1. The summed E-state index contributed by atoms with van der Waals surface area (Å²) < 4.78 is 0. The molecule has 166 valence electrons. The van der Waals surface area contributed by atoms with E-state index in [2.05, 4.69) is 38.2 Å². The van der Waals surface area contributed by atoms with E-state index in [0.29, 0.717) is 5.75 Å². The van der Waals surface area contributed by atoms with Gasteiger partial charge in [0.05, 0.1) is 5.75 Å². The first-order valence-electron chi connectivity index (χ1n) is 11.5. The van der Waals surface area contributed by atoms with Crippen LogP contribution >= 0.6 is 11.8 Å². The number of nitrogens with one attached hydrogen (secondary N) is 1. The van der Waals surface area contributed by atoms with E-state index in [0.717, 1.165) is 55.5 Å². The van der Waals surface area contributed by atoms with Crippen molar-refractivity contribution in [1.29, 1.82) is 0 Å². The average molecular weight is 439 g/mol. The number of carbonyl (C=O) groups excluding carboxylic acids is 2. The number of amides is 2. The third-order valence-corrected chi connectivity index (χ3v) is 7.08. The van der Waals surface area contributed by atoms with Crippen molar-refractivity contribution in [3.8, 4) is 0 Å². The lowest BCUT2D eigenvalue weighted by molar-refractivity contribution is -0.120. The van der Waals surface area contributed by atoms with Crippen molar-refractivity contribution < 1.29 is 9.59 Å². The van der Waals surface area contributed by atoms with E-state index in [-0.39, 0.29) is 23.1 Å². The Morgan fingerprint density at radius 3 is 2.52 bits per heavy atom. The van der Waals surface area contributed by atoms with Crippen LogP contribution in [0.1, 0.15) is 69.4 Å². The molecule has 0 saturated carbocycles. The molecule has 0 aromatic heterocycles. The molecular weight excluding hydrogens is 404 g/mol. The minimum atomic E-state index is -0.0387. The third kappa shape index (κ3) is 5.70. The highest BCUT2D eigenvalue weighted by atomic mass is 32.2. The maximum Gasteiger partial charge on any atom is 0.238 e. The molecule has 2 unspecified atom stereocenters. The first-order chi connectivity index (χ1) is 15.1. The smallest absolute Gasteiger partial charge is 0.238 e. The van der Waals surface area contributed by atoms with Crippen molar-refractivity contribution in [1.82, 2.24) is 0 Å². The Labute approximate surface area is 190 Å². The number of thioether (sulfide) groups is 1. The molecule has 1 saturated heterocycles. The van der Waals surface area contributed by atoms with Gasteiger partial charge in [0.2, 0.25) is 11.8 Å². The molecule has 0 aliphatic carbocycles. The molecule has 1 aliphatic rings. The molecule has 5 heteroatoms. The van der Waals surface area contributed by atoms with E-state index in [9.17, 15) is 9.59 Å². The molecule has 1 fully saturated rings. The van der Waals surface area contributed by atoms with Crippen LogP contribution in [0.3, 0.4) is 0 Å². The van der Waals surface area contributed by atoms with Gasteiger partial charge in [-0.25, -0.2) is 0 Å². The van der Waals surface area contributed by atoms with E-state index in [1.165, 1.54) is 5.56 Å². The first-order valence-corrected chi connectivity index (χ1v) is 12.6. The molecule has 1 N–H and O–H groups in total. The van der Waals surface area contributed by atoms with Crippen LogP contribution in [0, 0.1) is 5.92 Å². The monoisotopic (exact) mass is 438 g/mol. The quantitative estimate of drug-likeness (QED) is 0.456. The number of benzene rings is 2. The van der Waals surface area contributed by atoms with Gasteiger partial charge in [-0.15, -0.1) is 11.8 Å². The van der Waals surface area contributed by atoms with E-state index in [4.69, 9.17) is 0 Å². The average Bonchev–Trinajstić information content (AvgIpc) is 3.16. The Hall–Kier alpha value is -2.27. The molecule has 1 aliphatic heterocycles. The Morgan fingerprint density at radius 2 is 1.84 bits per heavy atom. The normalized spacial score (nSPS) is 17.1. The largest absolute Gasteiger partial charge is 0.326 e. The molecule has 2 amide bonds. The third-order valence-electron chi connectivity index (χ3n) is 5.87. The highest BCUT2D eigenvalue weighted by Crippen LogP contribution is 2.43. The second kappa shape index (κ2) is 11.4. The summed E-state index contributed by atoms with van der Waals surface area (Å²) in [5.74, 6) is 0.800. The number of rotatable bonds is 10. The fourth-order valence-corrected chi connectivity index (χ4v) is 5.27. The molecule has 2 atom stereocenters. The number of nitrogens with zero attached hydrogens (tertiary/aromatic N) is 1. The Balaban J connectivity index is 1.75. The van der Waals surface area contributed by atoms with Gasteiger partial charge >= 0.3 is 0 Å². The fourth-order valence-electron chi connectivity index (χ4n) is 4.10. The van der Waals surface area contributed by atoms with Crippen molar-refractivity contribution >= 4 is 35.0 Å². The number of hydrogen-bond donors (Lipinski definition) is 1. The lowest BCUT2D eigenvalue weighted by Gasteiger charge is -2.27. The van der Waals surface area contributed by atoms with Crippen LogP contribution in [-0.2, 0) is 16.0 Å². The van der Waals surface area contributed by atoms with E-state index in [1.807, 2.05) is 41.3 Å². The Kier molecular flexibility index (Phi) is 8.59. The van der Waals surface area contributed by atoms with Gasteiger partial charge in [-0.2, -0.15) is 0 Å². The van der Waals surface area contributed by atoms with Crippen LogP contribution in [-0.4, -0.2) is 17.6 Å². The zero-order valence-corrected chi connectivity index (χ0v) is 19.7. The molecule has 0 spiro atoms. The fraction of sp³-hybridized carbons (Fsp3) is 0.462. The number of unbranched alkanes of at least 4 members (excludes halogenated alkanes) is 1. The van der Waals surface area contributed by atoms with E-state index in [1.54, 1.807) is 11.8 Å². The van der Waals surface area contributed by atoms with Crippen molar-refractivity contribution in [2.45, 2.75) is 64.7 Å². The maximum absolute atomic E-state index is 12.8. The lowest BCUT2D eigenvalue weighted by atomic mass is 9.98. The van der Waals surface area contributed by atoms with Gasteiger partial charge in [0.25, 0.3) is 0 Å². The van der Waals surface area contributed by atoms with Crippen molar-refractivity contribution in [2.24, 2.45) is 5.92 Å². The standard InChI is InChI=1S/C26H34N2O2S/c1-4-7-11-19(6-3)25(30)27-22-16-14-21(15-17-22)26-28(24(29)18-31-26)23-13-9-8-12-20(23)10-5-2/h8-9,12-17,19,26H,4-7,10-11,18H2,1-3H3,(H,27,30). The molecule has 0 bridgehead atoms. The zero-order chi connectivity index (χ0) is 22.2. The maximum atomic E-state index is 12.8. The summed E-state index contributed by atoms with van der Waals surface area (Å²) >= 11 is 1.66. The highest BCUT2D eigenvalue weighted by molar-refractivity contribution is 8.00. The van der Waals surface area contributed by atoms with E-state index < -0.39 is 0 Å². The van der Waals surface area contributed by atoms with Crippen LogP contribution in [0.5, 0.6) is 0 Å². The number of carbonyl (C=O) groups is 2. The van der Waals surface area contributed by atoms with Gasteiger partial charge in [-0.3, -0.25) is 14.5 Å². The van der Waals surface area contributed by atoms with Crippen molar-refractivity contribution in [2.75, 3.05) is 16.0 Å². The van der Waals surface area contributed by atoms with Crippen LogP contribution in [0.25, 0.3) is 0 Å². The van der Waals surface area contributed by atoms with Gasteiger partial charge < -0.3 is 5.32 Å². The molecule has 1 heterocycles. The lowest BCUT2D eigenvalue weighted by Crippen LogP contribution is -2.28. The first kappa shape index (κ1) is 23.4. The summed E-state index contributed by atoms with van der Waals surface area (Å²) in [6.07, 6.45) is 5.98. The number of para-hydroxylation sites is 1. The molecule has 2 aromatic carbocycles. The molecular formula is C26H34N2O2S. The van der Waals surface area contributed by atoms with Crippen LogP contribution in [0.4, 0.5) is 11.4 Å². The molecule has 0 radical (unpaired) electrons. The van der Waals surface area contributed by atoms with Crippen molar-refractivity contribution in [3.05, 3.63) is 59.7 Å². The Bertz CT molecular complexity index is 881. The summed E-state index contributed by atoms with van der Waals surface area (Å²) in [6.45, 7) is 6.38. The summed E-state index contributed by atoms with van der Waals surface area (Å²) in [4.78, 5) is 27.3. The minimum absolute atomic E-state index is 0.0387. The zero-order valence-electron chi connectivity index (χ0n) is 18.9. The predicted octanol–water partition coefficient (Wildman–Crippen LogP) is 6.57. The summed E-state index contributed by atoms with van der Waals surface area (Å²) in [7, 11) is 0. The van der Waals surface area contributed by atoms with Crippen LogP contribution < -0.4 is 10.2 Å². The molecule has 3 rings (SSSR count). The second-order valence-electron chi connectivity index (χ2n) is 8.16. The van der Waals surface area contributed by atoms with E-state index >= 15 is 0 Å². The van der Waals surface area contributed by atoms with Gasteiger partial charge in [-0.1, -0.05) is 70.4 Å². The second-order valence-corrected chi connectivity index (χ2v) is 9.23.